The molecular formula is C14H20ClNO2S. The van der Waals surface area contributed by atoms with Crippen LogP contribution >= 0.6 is 11.6 Å². The van der Waals surface area contributed by atoms with Crippen LogP contribution in [0, 0.1) is 18.8 Å². The lowest BCUT2D eigenvalue weighted by atomic mass is 9.94. The van der Waals surface area contributed by atoms with E-state index < -0.39 is 10.0 Å². The van der Waals surface area contributed by atoms with Crippen LogP contribution in [0.2, 0.25) is 5.02 Å². The van der Waals surface area contributed by atoms with E-state index in [9.17, 15) is 8.42 Å². The van der Waals surface area contributed by atoms with Crippen LogP contribution in [0.15, 0.2) is 23.1 Å². The number of aryl methyl sites for hydroxylation is 1. The van der Waals surface area contributed by atoms with Crippen LogP contribution < -0.4 is 0 Å². The second kappa shape index (κ2) is 5.43. The Balaban J connectivity index is 2.33. The van der Waals surface area contributed by atoms with Crippen LogP contribution in [0.3, 0.4) is 0 Å². The van der Waals surface area contributed by atoms with Gasteiger partial charge in [-0.2, -0.15) is 4.31 Å². The van der Waals surface area contributed by atoms with Gasteiger partial charge in [-0.25, -0.2) is 8.42 Å². The lowest BCUT2D eigenvalue weighted by Crippen LogP contribution is -2.42. The molecule has 0 unspecified atom stereocenters. The van der Waals surface area contributed by atoms with E-state index in [1.165, 1.54) is 0 Å². The lowest BCUT2D eigenvalue weighted by molar-refractivity contribution is 0.222. The Kier molecular flexibility index (Phi) is 4.23. The molecular weight excluding hydrogens is 282 g/mol. The number of hydrogen-bond donors (Lipinski definition) is 0. The predicted molar refractivity (Wildman–Crippen MR) is 77.9 cm³/mol. The minimum absolute atomic E-state index is 0.343. The molecule has 2 atom stereocenters. The molecule has 0 aromatic heterocycles. The average Bonchev–Trinajstić information content (AvgIpc) is 2.31. The van der Waals surface area contributed by atoms with Gasteiger partial charge in [-0.15, -0.1) is 0 Å². The third kappa shape index (κ3) is 3.12. The van der Waals surface area contributed by atoms with Gasteiger partial charge in [0.25, 0.3) is 0 Å². The van der Waals surface area contributed by atoms with Gasteiger partial charge in [-0.05, 0) is 48.9 Å². The van der Waals surface area contributed by atoms with Crippen molar-refractivity contribution in [3.63, 3.8) is 0 Å². The molecule has 19 heavy (non-hydrogen) atoms. The van der Waals surface area contributed by atoms with Crippen LogP contribution in [0.25, 0.3) is 0 Å². The van der Waals surface area contributed by atoms with Crippen molar-refractivity contribution in [2.24, 2.45) is 11.8 Å². The molecule has 0 radical (unpaired) electrons. The Hall–Kier alpha value is -0.580. The molecule has 3 nitrogen and oxygen atoms in total. The summed E-state index contributed by atoms with van der Waals surface area (Å²) in [5, 5.41) is 0.597. The van der Waals surface area contributed by atoms with Gasteiger partial charge in [-0.1, -0.05) is 25.4 Å². The van der Waals surface area contributed by atoms with E-state index in [0.717, 1.165) is 12.0 Å². The van der Waals surface area contributed by atoms with Crippen molar-refractivity contribution < 1.29 is 8.42 Å². The predicted octanol–water partition coefficient (Wildman–Crippen LogP) is 3.32. The van der Waals surface area contributed by atoms with Crippen LogP contribution in [0.1, 0.15) is 25.8 Å². The van der Waals surface area contributed by atoms with Gasteiger partial charge >= 0.3 is 0 Å². The Morgan fingerprint density at radius 3 is 2.32 bits per heavy atom. The van der Waals surface area contributed by atoms with Crippen LogP contribution in [0.5, 0.6) is 0 Å². The monoisotopic (exact) mass is 301 g/mol. The molecule has 1 saturated heterocycles. The first kappa shape index (κ1) is 14.8. The fraction of sp³-hybridized carbons (Fsp3) is 0.571. The number of hydrogen-bond acceptors (Lipinski definition) is 2. The largest absolute Gasteiger partial charge is 0.243 e. The van der Waals surface area contributed by atoms with Gasteiger partial charge in [0, 0.05) is 18.1 Å². The van der Waals surface area contributed by atoms with E-state index in [-0.39, 0.29) is 0 Å². The zero-order valence-electron chi connectivity index (χ0n) is 11.6. The summed E-state index contributed by atoms with van der Waals surface area (Å²) in [5.74, 6) is 0.818. The third-order valence-corrected chi connectivity index (χ3v) is 5.85. The van der Waals surface area contributed by atoms with Gasteiger partial charge < -0.3 is 0 Å². The maximum absolute atomic E-state index is 12.6. The summed E-state index contributed by atoms with van der Waals surface area (Å²) in [5.41, 5.74) is 0.792. The van der Waals surface area contributed by atoms with Crippen molar-refractivity contribution in [1.29, 1.82) is 0 Å². The molecule has 1 aromatic rings. The van der Waals surface area contributed by atoms with E-state index in [4.69, 9.17) is 11.6 Å². The van der Waals surface area contributed by atoms with E-state index in [0.29, 0.717) is 34.8 Å². The highest BCUT2D eigenvalue weighted by Crippen LogP contribution is 2.28. The number of halogens is 1. The molecule has 2 rings (SSSR count). The van der Waals surface area contributed by atoms with Gasteiger partial charge in [0.15, 0.2) is 0 Å². The lowest BCUT2D eigenvalue weighted by Gasteiger charge is -2.34. The first-order chi connectivity index (χ1) is 8.80. The summed E-state index contributed by atoms with van der Waals surface area (Å²) < 4.78 is 26.9. The Morgan fingerprint density at radius 2 is 1.79 bits per heavy atom. The van der Waals surface area contributed by atoms with Crippen molar-refractivity contribution in [3.8, 4) is 0 Å². The molecule has 1 aliphatic heterocycles. The average molecular weight is 302 g/mol. The van der Waals surface area contributed by atoms with Crippen molar-refractivity contribution in [2.45, 2.75) is 32.1 Å². The molecule has 5 heteroatoms. The van der Waals surface area contributed by atoms with E-state index in [1.54, 1.807) is 22.5 Å². The molecule has 0 amide bonds. The van der Waals surface area contributed by atoms with Crippen molar-refractivity contribution in [1.82, 2.24) is 4.31 Å². The quantitative estimate of drug-likeness (QED) is 0.840. The van der Waals surface area contributed by atoms with Crippen LogP contribution in [-0.2, 0) is 10.0 Å². The summed E-state index contributed by atoms with van der Waals surface area (Å²) >= 11 is 5.95. The number of benzene rings is 1. The fourth-order valence-corrected chi connectivity index (χ4v) is 4.61. The molecule has 1 aliphatic rings. The van der Waals surface area contributed by atoms with Crippen LogP contribution in [0.4, 0.5) is 0 Å². The summed E-state index contributed by atoms with van der Waals surface area (Å²) in [7, 11) is -3.39. The molecule has 0 spiro atoms. The maximum Gasteiger partial charge on any atom is 0.243 e. The third-order valence-electron chi connectivity index (χ3n) is 3.60. The summed E-state index contributed by atoms with van der Waals surface area (Å²) in [6.45, 7) is 7.24. The minimum atomic E-state index is -3.39. The fourth-order valence-electron chi connectivity index (χ4n) is 2.73. The standard InChI is InChI=1S/C14H20ClNO2S/c1-10-6-11(2)9-16(8-10)19(17,18)13-4-5-14(15)12(3)7-13/h4-5,7,10-11H,6,8-9H2,1-3H3/t10-,11-/m0/s1. The second-order valence-electron chi connectivity index (χ2n) is 5.68. The van der Waals surface area contributed by atoms with Gasteiger partial charge in [0.05, 0.1) is 4.90 Å². The minimum Gasteiger partial charge on any atom is -0.207 e. The van der Waals surface area contributed by atoms with Gasteiger partial charge in [-0.3, -0.25) is 0 Å². The van der Waals surface area contributed by atoms with Crippen molar-refractivity contribution in [2.75, 3.05) is 13.1 Å². The zero-order valence-corrected chi connectivity index (χ0v) is 13.1. The van der Waals surface area contributed by atoms with Crippen molar-refractivity contribution in [3.05, 3.63) is 28.8 Å². The molecule has 0 aliphatic carbocycles. The Morgan fingerprint density at radius 1 is 1.21 bits per heavy atom. The molecule has 1 heterocycles. The SMILES string of the molecule is Cc1cc(S(=O)(=O)N2C[C@@H](C)C[C@H](C)C2)ccc1Cl. The normalized spacial score (nSPS) is 25.5. The highest BCUT2D eigenvalue weighted by Gasteiger charge is 2.31. The smallest absolute Gasteiger partial charge is 0.207 e. The second-order valence-corrected chi connectivity index (χ2v) is 8.02. The topological polar surface area (TPSA) is 37.4 Å². The molecule has 0 N–H and O–H groups in total. The van der Waals surface area contributed by atoms with Crippen LogP contribution in [-0.4, -0.2) is 25.8 Å². The molecule has 106 valence electrons. The number of piperidine rings is 1. The van der Waals surface area contributed by atoms with E-state index >= 15 is 0 Å². The number of rotatable bonds is 2. The molecule has 0 saturated carbocycles. The summed E-state index contributed by atoms with van der Waals surface area (Å²) in [6.07, 6.45) is 1.09. The zero-order chi connectivity index (χ0) is 14.2. The van der Waals surface area contributed by atoms with Crippen molar-refractivity contribution >= 4 is 21.6 Å². The number of nitrogens with zero attached hydrogens (tertiary/aromatic N) is 1. The van der Waals surface area contributed by atoms with E-state index in [2.05, 4.69) is 13.8 Å². The van der Waals surface area contributed by atoms with Gasteiger partial charge in [0.2, 0.25) is 10.0 Å². The molecule has 1 aromatic carbocycles. The summed E-state index contributed by atoms with van der Waals surface area (Å²) in [4.78, 5) is 0.343. The Labute approximate surface area is 120 Å². The number of sulfonamides is 1. The summed E-state index contributed by atoms with van der Waals surface area (Å²) in [6, 6.07) is 4.90. The first-order valence-corrected chi connectivity index (χ1v) is 8.39. The highest BCUT2D eigenvalue weighted by atomic mass is 35.5. The van der Waals surface area contributed by atoms with Gasteiger partial charge in [0.1, 0.15) is 0 Å². The highest BCUT2D eigenvalue weighted by molar-refractivity contribution is 7.89. The molecule has 0 bridgehead atoms. The first-order valence-electron chi connectivity index (χ1n) is 6.57. The van der Waals surface area contributed by atoms with E-state index in [1.807, 2.05) is 6.92 Å². The molecule has 1 fully saturated rings. The maximum atomic E-state index is 12.6. The Bertz CT molecular complexity index is 561.